The fourth-order valence-corrected chi connectivity index (χ4v) is 6.58. The minimum atomic E-state index is -4.17. The van der Waals surface area contributed by atoms with Crippen LogP contribution in [0.3, 0.4) is 0 Å². The molecule has 4 aromatic carbocycles. The van der Waals surface area contributed by atoms with E-state index in [9.17, 15) is 18.0 Å². The largest absolute Gasteiger partial charge is 0.354 e. The Bertz CT molecular complexity index is 1680. The second-order valence-corrected chi connectivity index (χ2v) is 13.5. The van der Waals surface area contributed by atoms with E-state index in [0.29, 0.717) is 11.6 Å². The topological polar surface area (TPSA) is 86.8 Å². The zero-order valence-electron chi connectivity index (χ0n) is 25.9. The number of carbonyl (C=O) groups is 2. The van der Waals surface area contributed by atoms with Crippen molar-refractivity contribution >= 4 is 39.1 Å². The number of hydrogen-bond acceptors (Lipinski definition) is 4. The maximum absolute atomic E-state index is 14.5. The zero-order valence-corrected chi connectivity index (χ0v) is 27.5. The first-order valence-corrected chi connectivity index (χ1v) is 16.9. The minimum Gasteiger partial charge on any atom is -0.354 e. The summed E-state index contributed by atoms with van der Waals surface area (Å²) in [4.78, 5) is 29.9. The van der Waals surface area contributed by atoms with E-state index in [1.807, 2.05) is 75.4 Å². The first kappa shape index (κ1) is 33.7. The van der Waals surface area contributed by atoms with Crippen LogP contribution in [0.2, 0.25) is 5.02 Å². The number of nitrogens with zero attached hydrogens (tertiary/aromatic N) is 2. The van der Waals surface area contributed by atoms with Crippen molar-refractivity contribution in [2.45, 2.75) is 57.5 Å². The number of sulfonamides is 1. The van der Waals surface area contributed by atoms with E-state index in [0.717, 1.165) is 39.4 Å². The van der Waals surface area contributed by atoms with Crippen LogP contribution in [0.25, 0.3) is 0 Å². The molecule has 0 saturated heterocycles. The molecule has 0 aliphatic carbocycles. The molecule has 4 rings (SSSR count). The molecule has 1 atom stereocenters. The number of unbranched alkanes of at least 4 members (excludes halogenated alkanes) is 1. The van der Waals surface area contributed by atoms with Crippen molar-refractivity contribution < 1.29 is 18.0 Å². The fourth-order valence-electron chi connectivity index (χ4n) is 5.04. The van der Waals surface area contributed by atoms with Gasteiger partial charge in [0, 0.05) is 24.5 Å². The smallest absolute Gasteiger partial charge is 0.264 e. The first-order valence-electron chi connectivity index (χ1n) is 15.1. The van der Waals surface area contributed by atoms with Crippen LogP contribution >= 0.6 is 11.6 Å². The van der Waals surface area contributed by atoms with Gasteiger partial charge >= 0.3 is 0 Å². The van der Waals surface area contributed by atoms with Gasteiger partial charge in [0.15, 0.2) is 0 Å². The number of benzene rings is 4. The minimum absolute atomic E-state index is 0.0548. The van der Waals surface area contributed by atoms with Crippen molar-refractivity contribution in [1.29, 1.82) is 0 Å². The number of amides is 2. The molecule has 0 spiro atoms. The molecule has 0 aliphatic heterocycles. The molecule has 9 heteroatoms. The Morgan fingerprint density at radius 2 is 1.49 bits per heavy atom. The second kappa shape index (κ2) is 15.7. The van der Waals surface area contributed by atoms with Gasteiger partial charge in [-0.1, -0.05) is 103 Å². The highest BCUT2D eigenvalue weighted by molar-refractivity contribution is 7.92. The van der Waals surface area contributed by atoms with Crippen LogP contribution in [0.1, 0.15) is 42.0 Å². The zero-order chi connectivity index (χ0) is 32.4. The highest BCUT2D eigenvalue weighted by Gasteiger charge is 2.34. The van der Waals surface area contributed by atoms with Gasteiger partial charge in [-0.2, -0.15) is 0 Å². The molecule has 0 heterocycles. The molecule has 236 valence electrons. The third-order valence-corrected chi connectivity index (χ3v) is 9.58. The fraction of sp³-hybridized carbons (Fsp3) is 0.278. The van der Waals surface area contributed by atoms with Crippen molar-refractivity contribution in [3.8, 4) is 0 Å². The number of hydrogen-bond donors (Lipinski definition) is 1. The number of anilines is 1. The van der Waals surface area contributed by atoms with Crippen molar-refractivity contribution in [3.63, 3.8) is 0 Å². The predicted molar refractivity (Wildman–Crippen MR) is 181 cm³/mol. The third kappa shape index (κ3) is 9.19. The first-order chi connectivity index (χ1) is 21.6. The Balaban J connectivity index is 1.78. The maximum Gasteiger partial charge on any atom is 0.264 e. The molecule has 0 aliphatic rings. The van der Waals surface area contributed by atoms with Crippen molar-refractivity contribution in [3.05, 3.63) is 130 Å². The van der Waals surface area contributed by atoms with Gasteiger partial charge < -0.3 is 10.2 Å². The van der Waals surface area contributed by atoms with Crippen LogP contribution in [-0.4, -0.2) is 44.3 Å². The van der Waals surface area contributed by atoms with Gasteiger partial charge in [0.1, 0.15) is 12.6 Å². The molecule has 0 fully saturated rings. The van der Waals surface area contributed by atoms with Crippen LogP contribution < -0.4 is 9.62 Å². The molecular formula is C36H40ClN3O4S. The summed E-state index contributed by atoms with van der Waals surface area (Å²) >= 11 is 6.14. The van der Waals surface area contributed by atoms with Gasteiger partial charge in [-0.25, -0.2) is 8.42 Å². The number of rotatable bonds is 14. The molecule has 0 radical (unpaired) electrons. The number of halogens is 1. The van der Waals surface area contributed by atoms with E-state index < -0.39 is 28.5 Å². The number of nitrogens with one attached hydrogen (secondary N) is 1. The van der Waals surface area contributed by atoms with Crippen LogP contribution in [0.15, 0.2) is 108 Å². The summed E-state index contributed by atoms with van der Waals surface area (Å²) in [5.74, 6) is -0.790. The molecule has 0 bridgehead atoms. The van der Waals surface area contributed by atoms with Crippen molar-refractivity contribution in [1.82, 2.24) is 10.2 Å². The monoisotopic (exact) mass is 645 g/mol. The SMILES string of the molecule is CCCCNC(=O)[C@@H](Cc1ccccc1)N(Cc1cccc(C)c1)C(=O)CN(c1ccc(Cl)cc1)S(=O)(=O)c1ccc(C)cc1. The standard InChI is InChI=1S/C36H40ClN3O4S/c1-4-5-22-38-36(42)34(24-29-11-7-6-8-12-29)39(25-30-13-9-10-28(3)23-30)35(41)26-40(32-18-16-31(37)17-19-32)45(43,44)33-20-14-27(2)15-21-33/h6-21,23,34H,4-5,22,24-26H2,1-3H3,(H,38,42)/t34-/m1/s1. The molecule has 45 heavy (non-hydrogen) atoms. The van der Waals surface area contributed by atoms with Gasteiger partial charge in [0.25, 0.3) is 10.0 Å². The lowest BCUT2D eigenvalue weighted by molar-refractivity contribution is -0.140. The van der Waals surface area contributed by atoms with Crippen molar-refractivity contribution in [2.24, 2.45) is 0 Å². The predicted octanol–water partition coefficient (Wildman–Crippen LogP) is 6.71. The van der Waals surface area contributed by atoms with E-state index in [-0.39, 0.29) is 29.5 Å². The lowest BCUT2D eigenvalue weighted by atomic mass is 10.0. The van der Waals surface area contributed by atoms with Gasteiger partial charge in [0.2, 0.25) is 11.8 Å². The van der Waals surface area contributed by atoms with E-state index in [4.69, 9.17) is 11.6 Å². The van der Waals surface area contributed by atoms with Crippen molar-refractivity contribution in [2.75, 3.05) is 17.4 Å². The lowest BCUT2D eigenvalue weighted by Crippen LogP contribution is -2.53. The van der Waals surface area contributed by atoms with Crippen LogP contribution in [0.4, 0.5) is 5.69 Å². The van der Waals surface area contributed by atoms with E-state index in [2.05, 4.69) is 5.32 Å². The maximum atomic E-state index is 14.5. The summed E-state index contributed by atoms with van der Waals surface area (Å²) in [5.41, 5.74) is 3.93. The molecule has 7 nitrogen and oxygen atoms in total. The molecular weight excluding hydrogens is 606 g/mol. The summed E-state index contributed by atoms with van der Waals surface area (Å²) in [5, 5.41) is 3.45. The van der Waals surface area contributed by atoms with Gasteiger partial charge in [0.05, 0.1) is 10.6 Å². The molecule has 0 aromatic heterocycles. The Morgan fingerprint density at radius 1 is 0.822 bits per heavy atom. The normalized spacial score (nSPS) is 11.9. The van der Waals surface area contributed by atoms with E-state index in [1.165, 1.54) is 17.0 Å². The van der Waals surface area contributed by atoms with Gasteiger partial charge in [-0.15, -0.1) is 0 Å². The Kier molecular flexibility index (Phi) is 11.8. The molecule has 0 unspecified atom stereocenters. The van der Waals surface area contributed by atoms with Crippen LogP contribution in [0, 0.1) is 13.8 Å². The average Bonchev–Trinajstić information content (AvgIpc) is 3.02. The quantitative estimate of drug-likeness (QED) is 0.155. The van der Waals surface area contributed by atoms with Gasteiger partial charge in [-0.3, -0.25) is 13.9 Å². The van der Waals surface area contributed by atoms with E-state index >= 15 is 0 Å². The number of carbonyl (C=O) groups excluding carboxylic acids is 2. The highest BCUT2D eigenvalue weighted by Crippen LogP contribution is 2.27. The molecule has 0 saturated carbocycles. The van der Waals surface area contributed by atoms with Gasteiger partial charge in [-0.05, 0) is 67.8 Å². The molecule has 4 aromatic rings. The summed E-state index contributed by atoms with van der Waals surface area (Å²) in [6.45, 7) is 5.96. The summed E-state index contributed by atoms with van der Waals surface area (Å²) < 4.78 is 29.3. The lowest BCUT2D eigenvalue weighted by Gasteiger charge is -2.34. The Hall–Kier alpha value is -4.14. The summed E-state index contributed by atoms with van der Waals surface area (Å²) in [6.07, 6.45) is 1.97. The van der Waals surface area contributed by atoms with Crippen LogP contribution in [0.5, 0.6) is 0 Å². The third-order valence-electron chi connectivity index (χ3n) is 7.54. The molecule has 1 N–H and O–H groups in total. The Labute approximate surface area is 271 Å². The summed E-state index contributed by atoms with van der Waals surface area (Å²) in [6, 6.07) is 29.2. The average molecular weight is 646 g/mol. The van der Waals surface area contributed by atoms with E-state index in [1.54, 1.807) is 36.4 Å². The highest BCUT2D eigenvalue weighted by atomic mass is 35.5. The second-order valence-electron chi connectivity index (χ2n) is 11.2. The van der Waals surface area contributed by atoms with Crippen LogP contribution in [-0.2, 0) is 32.6 Å². The number of aryl methyl sites for hydroxylation is 2. The Morgan fingerprint density at radius 3 is 2.13 bits per heavy atom. The summed E-state index contributed by atoms with van der Waals surface area (Å²) in [7, 11) is -4.17. The molecule has 2 amide bonds.